The van der Waals surface area contributed by atoms with Crippen LogP contribution in [0.4, 0.5) is 14.5 Å². The number of carbonyl (C=O) groups is 2. The van der Waals surface area contributed by atoms with Crippen molar-refractivity contribution in [2.24, 2.45) is 11.8 Å². The Labute approximate surface area is 139 Å². The third-order valence-electron chi connectivity index (χ3n) is 3.95. The van der Waals surface area contributed by atoms with Gasteiger partial charge < -0.3 is 15.3 Å². The Morgan fingerprint density at radius 3 is 2.75 bits per heavy atom. The maximum atomic E-state index is 13.8. The van der Waals surface area contributed by atoms with Crippen molar-refractivity contribution >= 4 is 17.5 Å². The summed E-state index contributed by atoms with van der Waals surface area (Å²) in [5.41, 5.74) is -0.0310. The third kappa shape index (κ3) is 4.50. The first-order chi connectivity index (χ1) is 11.3. The van der Waals surface area contributed by atoms with Crippen molar-refractivity contribution in [3.63, 3.8) is 0 Å². The van der Waals surface area contributed by atoms with Crippen LogP contribution in [0.5, 0.6) is 0 Å². The van der Waals surface area contributed by atoms with Gasteiger partial charge in [-0.15, -0.1) is 0 Å². The summed E-state index contributed by atoms with van der Waals surface area (Å²) >= 11 is 0. The van der Waals surface area contributed by atoms with Gasteiger partial charge in [-0.2, -0.15) is 0 Å². The molecule has 24 heavy (non-hydrogen) atoms. The largest absolute Gasteiger partial charge is 0.391 e. The van der Waals surface area contributed by atoms with E-state index in [1.165, 1.54) is 6.07 Å². The van der Waals surface area contributed by atoms with Gasteiger partial charge in [-0.25, -0.2) is 8.78 Å². The van der Waals surface area contributed by atoms with E-state index < -0.39 is 23.7 Å². The van der Waals surface area contributed by atoms with Crippen LogP contribution in [0.2, 0.25) is 0 Å². The number of hydrogen-bond donors (Lipinski definition) is 2. The standard InChI is InChI=1S/C17H22F2N2O3/c1-10(2)5-13(22)8-20-17(24)11-6-16(23)21(9-11)15-4-3-12(18)7-14(15)19/h3-4,7,10-11,13,22H,5-6,8-9H2,1-2H3,(H,20,24). The molecule has 0 bridgehead atoms. The molecule has 2 rings (SSSR count). The first kappa shape index (κ1) is 18.3. The van der Waals surface area contributed by atoms with Gasteiger partial charge in [0.25, 0.3) is 0 Å². The fraction of sp³-hybridized carbons (Fsp3) is 0.529. The molecule has 2 atom stereocenters. The number of aliphatic hydroxyl groups excluding tert-OH is 1. The van der Waals surface area contributed by atoms with Crippen LogP contribution in [0, 0.1) is 23.5 Å². The van der Waals surface area contributed by atoms with Crippen LogP contribution in [-0.4, -0.2) is 36.1 Å². The van der Waals surface area contributed by atoms with Gasteiger partial charge in [0.05, 0.1) is 17.7 Å². The fourth-order valence-electron chi connectivity index (χ4n) is 2.81. The molecule has 0 saturated carbocycles. The van der Waals surface area contributed by atoms with E-state index in [1.54, 1.807) is 0 Å². The van der Waals surface area contributed by atoms with Crippen LogP contribution in [0.15, 0.2) is 18.2 Å². The lowest BCUT2D eigenvalue weighted by Gasteiger charge is -2.18. The Morgan fingerprint density at radius 1 is 1.42 bits per heavy atom. The molecule has 0 spiro atoms. The van der Waals surface area contributed by atoms with E-state index in [0.717, 1.165) is 11.0 Å². The number of nitrogens with one attached hydrogen (secondary N) is 1. The molecule has 1 aliphatic heterocycles. The number of hydrogen-bond acceptors (Lipinski definition) is 3. The summed E-state index contributed by atoms with van der Waals surface area (Å²) in [5.74, 6) is -2.61. The zero-order valence-electron chi connectivity index (χ0n) is 13.8. The summed E-state index contributed by atoms with van der Waals surface area (Å²) in [7, 11) is 0. The quantitative estimate of drug-likeness (QED) is 0.830. The van der Waals surface area contributed by atoms with Crippen molar-refractivity contribution in [2.75, 3.05) is 18.0 Å². The van der Waals surface area contributed by atoms with Gasteiger partial charge in [0.1, 0.15) is 11.6 Å². The van der Waals surface area contributed by atoms with Crippen molar-refractivity contribution in [3.8, 4) is 0 Å². The van der Waals surface area contributed by atoms with E-state index in [0.29, 0.717) is 18.4 Å². The molecule has 5 nitrogen and oxygen atoms in total. The summed E-state index contributed by atoms with van der Waals surface area (Å²) < 4.78 is 26.8. The van der Waals surface area contributed by atoms with Gasteiger partial charge in [-0.1, -0.05) is 13.8 Å². The highest BCUT2D eigenvalue weighted by Crippen LogP contribution is 2.28. The minimum Gasteiger partial charge on any atom is -0.391 e. The van der Waals surface area contributed by atoms with Crippen LogP contribution in [0.25, 0.3) is 0 Å². The second-order valence-corrected chi connectivity index (χ2v) is 6.53. The van der Waals surface area contributed by atoms with Crippen molar-refractivity contribution in [1.82, 2.24) is 5.32 Å². The van der Waals surface area contributed by atoms with E-state index >= 15 is 0 Å². The Kier molecular flexibility index (Phi) is 5.88. The van der Waals surface area contributed by atoms with Gasteiger partial charge in [0.2, 0.25) is 11.8 Å². The van der Waals surface area contributed by atoms with Gasteiger partial charge in [0, 0.05) is 25.6 Å². The first-order valence-corrected chi connectivity index (χ1v) is 7.99. The number of benzene rings is 1. The lowest BCUT2D eigenvalue weighted by molar-refractivity contribution is -0.126. The van der Waals surface area contributed by atoms with Crippen molar-refractivity contribution in [3.05, 3.63) is 29.8 Å². The smallest absolute Gasteiger partial charge is 0.227 e. The number of aliphatic hydroxyl groups is 1. The Balaban J connectivity index is 1.95. The van der Waals surface area contributed by atoms with E-state index in [4.69, 9.17) is 0 Å². The molecule has 2 amide bonds. The number of rotatable bonds is 6. The monoisotopic (exact) mass is 340 g/mol. The number of anilines is 1. The lowest BCUT2D eigenvalue weighted by Crippen LogP contribution is -2.38. The van der Waals surface area contributed by atoms with E-state index in [1.807, 2.05) is 13.8 Å². The molecular weight excluding hydrogens is 318 g/mol. The zero-order chi connectivity index (χ0) is 17.9. The molecule has 0 radical (unpaired) electrons. The van der Waals surface area contributed by atoms with Crippen LogP contribution in [0.1, 0.15) is 26.7 Å². The summed E-state index contributed by atoms with van der Waals surface area (Å²) in [6, 6.07) is 2.97. The Morgan fingerprint density at radius 2 is 2.12 bits per heavy atom. The molecule has 1 aromatic rings. The van der Waals surface area contributed by atoms with Crippen LogP contribution >= 0.6 is 0 Å². The van der Waals surface area contributed by atoms with E-state index in [-0.39, 0.29) is 37.0 Å². The predicted octanol–water partition coefficient (Wildman–Crippen LogP) is 1.84. The summed E-state index contributed by atoms with van der Waals surface area (Å²) in [6.45, 7) is 4.09. The van der Waals surface area contributed by atoms with Gasteiger partial charge in [-0.05, 0) is 24.5 Å². The topological polar surface area (TPSA) is 69.6 Å². The number of amides is 2. The average Bonchev–Trinajstić information content (AvgIpc) is 2.86. The lowest BCUT2D eigenvalue weighted by atomic mass is 10.1. The highest BCUT2D eigenvalue weighted by Gasteiger charge is 2.36. The van der Waals surface area contributed by atoms with Crippen molar-refractivity contribution < 1.29 is 23.5 Å². The molecule has 1 saturated heterocycles. The summed E-state index contributed by atoms with van der Waals surface area (Å²) in [4.78, 5) is 25.3. The SMILES string of the molecule is CC(C)CC(O)CNC(=O)C1CC(=O)N(c2ccc(F)cc2F)C1. The Hall–Kier alpha value is -2.02. The number of halogens is 2. The first-order valence-electron chi connectivity index (χ1n) is 7.99. The van der Waals surface area contributed by atoms with Crippen molar-refractivity contribution in [1.29, 1.82) is 0 Å². The molecule has 132 valence electrons. The molecular formula is C17H22F2N2O3. The number of carbonyl (C=O) groups excluding carboxylic acids is 2. The molecule has 0 aliphatic carbocycles. The zero-order valence-corrected chi connectivity index (χ0v) is 13.8. The minimum atomic E-state index is -0.836. The van der Waals surface area contributed by atoms with Gasteiger partial charge in [-0.3, -0.25) is 9.59 Å². The molecule has 1 aromatic carbocycles. The molecule has 0 aromatic heterocycles. The fourth-order valence-corrected chi connectivity index (χ4v) is 2.81. The molecule has 7 heteroatoms. The highest BCUT2D eigenvalue weighted by atomic mass is 19.1. The molecule has 2 unspecified atom stereocenters. The summed E-state index contributed by atoms with van der Waals surface area (Å²) in [5, 5.41) is 12.4. The van der Waals surface area contributed by atoms with Gasteiger partial charge >= 0.3 is 0 Å². The maximum absolute atomic E-state index is 13.8. The molecule has 1 fully saturated rings. The van der Waals surface area contributed by atoms with Crippen LogP contribution in [-0.2, 0) is 9.59 Å². The second-order valence-electron chi connectivity index (χ2n) is 6.53. The minimum absolute atomic E-state index is 0.0310. The van der Waals surface area contributed by atoms with Crippen LogP contribution < -0.4 is 10.2 Å². The van der Waals surface area contributed by atoms with E-state index in [9.17, 15) is 23.5 Å². The molecule has 2 N–H and O–H groups in total. The molecule has 1 heterocycles. The predicted molar refractivity (Wildman–Crippen MR) is 85.3 cm³/mol. The molecule has 1 aliphatic rings. The average molecular weight is 340 g/mol. The van der Waals surface area contributed by atoms with Crippen molar-refractivity contribution in [2.45, 2.75) is 32.8 Å². The second kappa shape index (κ2) is 7.70. The third-order valence-corrected chi connectivity index (χ3v) is 3.95. The summed E-state index contributed by atoms with van der Waals surface area (Å²) in [6.07, 6.45) is -0.114. The maximum Gasteiger partial charge on any atom is 0.227 e. The van der Waals surface area contributed by atoms with Gasteiger partial charge in [0.15, 0.2) is 0 Å². The normalized spacial score (nSPS) is 19.0. The highest BCUT2D eigenvalue weighted by molar-refractivity contribution is 6.00. The van der Waals surface area contributed by atoms with Crippen LogP contribution in [0.3, 0.4) is 0 Å². The number of nitrogens with zero attached hydrogens (tertiary/aromatic N) is 1. The Bertz CT molecular complexity index is 622. The van der Waals surface area contributed by atoms with E-state index in [2.05, 4.69) is 5.32 Å².